The molecule has 0 spiro atoms. The van der Waals surface area contributed by atoms with Crippen LogP contribution in [0.4, 0.5) is 5.82 Å². The molecule has 2 heterocycles. The molecule has 0 radical (unpaired) electrons. The van der Waals surface area contributed by atoms with E-state index in [1.807, 2.05) is 0 Å². The Kier molecular flexibility index (Phi) is 1.58. The summed E-state index contributed by atoms with van der Waals surface area (Å²) >= 11 is 0. The minimum absolute atomic E-state index is 0.0333. The van der Waals surface area contributed by atoms with Crippen molar-refractivity contribution in [1.82, 2.24) is 4.98 Å². The predicted octanol–water partition coefficient (Wildman–Crippen LogP) is -1.45. The number of rotatable bonds is 1. The van der Waals surface area contributed by atoms with E-state index in [4.69, 9.17) is 5.02 Å². The number of amides is 1. The van der Waals surface area contributed by atoms with Gasteiger partial charge in [0.05, 0.1) is 6.42 Å². The predicted molar refractivity (Wildman–Crippen MR) is 45.6 cm³/mol. The summed E-state index contributed by atoms with van der Waals surface area (Å²) in [7, 11) is -0.0333. The monoisotopic (exact) mass is 162 g/mol. The van der Waals surface area contributed by atoms with Gasteiger partial charge in [0.25, 0.3) is 0 Å². The van der Waals surface area contributed by atoms with Crippen molar-refractivity contribution < 1.29 is 9.82 Å². The van der Waals surface area contributed by atoms with Crippen molar-refractivity contribution >= 4 is 24.7 Å². The lowest BCUT2D eigenvalue weighted by molar-refractivity contribution is -0.115. The first-order chi connectivity index (χ1) is 5.79. The Morgan fingerprint density at radius 3 is 3.25 bits per heavy atom. The van der Waals surface area contributed by atoms with Crippen LogP contribution in [-0.2, 0) is 11.2 Å². The third-order valence-corrected chi connectivity index (χ3v) is 1.81. The number of hydrogen-bond acceptors (Lipinski definition) is 3. The number of anilines is 1. The summed E-state index contributed by atoms with van der Waals surface area (Å²) in [6, 6.07) is 1.79. The molecule has 1 aromatic rings. The summed E-state index contributed by atoms with van der Waals surface area (Å²) in [5.74, 6) is 0.588. The van der Waals surface area contributed by atoms with E-state index >= 15 is 0 Å². The highest BCUT2D eigenvalue weighted by Gasteiger charge is 2.18. The molecule has 0 unspecified atom stereocenters. The average molecular weight is 162 g/mol. The molecule has 1 aliphatic heterocycles. The second kappa shape index (κ2) is 2.60. The molecule has 0 saturated heterocycles. The summed E-state index contributed by atoms with van der Waals surface area (Å²) in [5, 5.41) is 11.4. The van der Waals surface area contributed by atoms with Crippen LogP contribution in [0.3, 0.4) is 0 Å². The van der Waals surface area contributed by atoms with Crippen LogP contribution in [0.2, 0.25) is 0 Å². The highest BCUT2D eigenvalue weighted by Crippen LogP contribution is 2.17. The molecule has 2 rings (SSSR count). The van der Waals surface area contributed by atoms with Gasteiger partial charge in [-0.05, 0) is 5.46 Å². The van der Waals surface area contributed by atoms with Crippen LogP contribution in [0.1, 0.15) is 5.56 Å². The molecular weight excluding hydrogens is 155 g/mol. The number of hydrogen-bond donors (Lipinski definition) is 2. The van der Waals surface area contributed by atoms with Crippen molar-refractivity contribution in [3.8, 4) is 0 Å². The fraction of sp³-hybridized carbons (Fsp3) is 0.143. The Balaban J connectivity index is 2.41. The first-order valence-electron chi connectivity index (χ1n) is 3.68. The quantitative estimate of drug-likeness (QED) is 0.496. The van der Waals surface area contributed by atoms with Crippen LogP contribution in [0.15, 0.2) is 12.3 Å². The number of pyridine rings is 1. The van der Waals surface area contributed by atoms with Crippen LogP contribution in [-0.4, -0.2) is 23.4 Å². The number of carbonyl (C=O) groups is 1. The standard InChI is InChI=1S/C7H7BN2O2/c11-6-2-4-1-5(8-12)3-9-7(4)10-6/h1,3,8,12H,2H2,(H,9,10,11). The van der Waals surface area contributed by atoms with Crippen molar-refractivity contribution in [2.45, 2.75) is 6.42 Å². The number of nitrogens with one attached hydrogen (secondary N) is 1. The molecule has 1 amide bonds. The van der Waals surface area contributed by atoms with Gasteiger partial charge in [-0.25, -0.2) is 4.98 Å². The first-order valence-corrected chi connectivity index (χ1v) is 3.68. The minimum Gasteiger partial charge on any atom is -0.449 e. The van der Waals surface area contributed by atoms with Gasteiger partial charge in [-0.3, -0.25) is 4.79 Å². The third kappa shape index (κ3) is 1.08. The molecule has 2 N–H and O–H groups in total. The van der Waals surface area contributed by atoms with Gasteiger partial charge < -0.3 is 10.3 Å². The zero-order valence-corrected chi connectivity index (χ0v) is 6.37. The molecule has 0 fully saturated rings. The van der Waals surface area contributed by atoms with E-state index in [9.17, 15) is 4.79 Å². The number of fused-ring (bicyclic) bond motifs is 1. The average Bonchev–Trinajstić information content (AvgIpc) is 2.43. The molecule has 0 aliphatic carbocycles. The third-order valence-electron chi connectivity index (χ3n) is 1.81. The van der Waals surface area contributed by atoms with Gasteiger partial charge >= 0.3 is 7.48 Å². The van der Waals surface area contributed by atoms with E-state index in [2.05, 4.69) is 10.3 Å². The second-order valence-electron chi connectivity index (χ2n) is 2.73. The second-order valence-corrected chi connectivity index (χ2v) is 2.73. The maximum atomic E-state index is 10.9. The molecule has 0 saturated carbocycles. The number of aromatic nitrogens is 1. The summed E-state index contributed by atoms with van der Waals surface area (Å²) < 4.78 is 0. The van der Waals surface area contributed by atoms with E-state index in [1.165, 1.54) is 0 Å². The van der Waals surface area contributed by atoms with Crippen molar-refractivity contribution in [3.63, 3.8) is 0 Å². The fourth-order valence-corrected chi connectivity index (χ4v) is 1.24. The highest BCUT2D eigenvalue weighted by molar-refractivity contribution is 6.45. The van der Waals surface area contributed by atoms with E-state index < -0.39 is 0 Å². The molecule has 1 aromatic heterocycles. The van der Waals surface area contributed by atoms with Gasteiger partial charge in [0.2, 0.25) is 5.91 Å². The van der Waals surface area contributed by atoms with Gasteiger partial charge in [0.1, 0.15) is 5.82 Å². The van der Waals surface area contributed by atoms with Gasteiger partial charge in [0.15, 0.2) is 0 Å². The Bertz CT molecular complexity index is 340. The normalized spacial score (nSPS) is 13.9. The van der Waals surface area contributed by atoms with Crippen LogP contribution >= 0.6 is 0 Å². The van der Waals surface area contributed by atoms with Gasteiger partial charge in [-0.15, -0.1) is 0 Å². The van der Waals surface area contributed by atoms with Crippen molar-refractivity contribution in [2.75, 3.05) is 5.32 Å². The fourth-order valence-electron chi connectivity index (χ4n) is 1.24. The zero-order valence-electron chi connectivity index (χ0n) is 6.37. The summed E-state index contributed by atoms with van der Waals surface area (Å²) in [5.41, 5.74) is 1.61. The van der Waals surface area contributed by atoms with Crippen LogP contribution in [0.25, 0.3) is 0 Å². The largest absolute Gasteiger partial charge is 0.449 e. The maximum Gasteiger partial charge on any atom is 0.306 e. The first kappa shape index (κ1) is 7.30. The van der Waals surface area contributed by atoms with E-state index in [0.29, 0.717) is 12.2 Å². The van der Waals surface area contributed by atoms with E-state index in [1.54, 1.807) is 12.3 Å². The molecular formula is C7H7BN2O2. The van der Waals surface area contributed by atoms with Gasteiger partial charge in [-0.1, -0.05) is 6.07 Å². The molecule has 4 nitrogen and oxygen atoms in total. The topological polar surface area (TPSA) is 62.2 Å². The van der Waals surface area contributed by atoms with Crippen LogP contribution < -0.4 is 10.8 Å². The molecule has 1 aliphatic rings. The number of nitrogens with zero attached hydrogens (tertiary/aromatic N) is 1. The maximum absolute atomic E-state index is 10.9. The van der Waals surface area contributed by atoms with Crippen molar-refractivity contribution in [1.29, 1.82) is 0 Å². The lowest BCUT2D eigenvalue weighted by Crippen LogP contribution is -2.14. The van der Waals surface area contributed by atoms with Crippen LogP contribution in [0, 0.1) is 0 Å². The molecule has 0 bridgehead atoms. The minimum atomic E-state index is -0.0346. The van der Waals surface area contributed by atoms with Crippen LogP contribution in [0.5, 0.6) is 0 Å². The lowest BCUT2D eigenvalue weighted by atomic mass is 9.89. The van der Waals surface area contributed by atoms with Crippen molar-refractivity contribution in [2.24, 2.45) is 0 Å². The molecule has 5 heteroatoms. The van der Waals surface area contributed by atoms with Gasteiger partial charge in [0, 0.05) is 11.8 Å². The Labute approximate surface area is 69.9 Å². The molecule has 0 aromatic carbocycles. The molecule has 0 atom stereocenters. The van der Waals surface area contributed by atoms with Gasteiger partial charge in [-0.2, -0.15) is 0 Å². The highest BCUT2D eigenvalue weighted by atomic mass is 16.2. The van der Waals surface area contributed by atoms with E-state index in [0.717, 1.165) is 11.0 Å². The Morgan fingerprint density at radius 2 is 2.50 bits per heavy atom. The SMILES string of the molecule is O=C1Cc2cc(BO)cnc2N1. The molecule has 12 heavy (non-hydrogen) atoms. The summed E-state index contributed by atoms with van der Waals surface area (Å²) in [6.45, 7) is 0. The van der Waals surface area contributed by atoms with Crippen molar-refractivity contribution in [3.05, 3.63) is 17.8 Å². The lowest BCUT2D eigenvalue weighted by Gasteiger charge is -1.97. The zero-order chi connectivity index (χ0) is 8.55. The molecule has 60 valence electrons. The number of carbonyl (C=O) groups excluding carboxylic acids is 1. The Hall–Kier alpha value is -1.36. The Morgan fingerprint density at radius 1 is 1.67 bits per heavy atom. The summed E-state index contributed by atoms with van der Waals surface area (Å²) in [6.07, 6.45) is 1.93. The van der Waals surface area contributed by atoms with E-state index in [-0.39, 0.29) is 13.4 Å². The summed E-state index contributed by atoms with van der Waals surface area (Å²) in [4.78, 5) is 14.9. The smallest absolute Gasteiger partial charge is 0.306 e.